The van der Waals surface area contributed by atoms with Gasteiger partial charge in [0.25, 0.3) is 0 Å². The molecule has 1 aromatic heterocycles. The normalized spacial score (nSPS) is 15.5. The molecule has 0 saturated carbocycles. The molecular formula is C19H24FN5O. The first-order chi connectivity index (χ1) is 12.6. The van der Waals surface area contributed by atoms with Crippen LogP contribution in [0.1, 0.15) is 23.4 Å². The third-order valence-electron chi connectivity index (χ3n) is 4.45. The number of aryl methyl sites for hydroxylation is 1. The molecule has 1 aliphatic rings. The summed E-state index contributed by atoms with van der Waals surface area (Å²) in [7, 11) is 0. The first-order valence-corrected chi connectivity index (χ1v) is 8.87. The van der Waals surface area contributed by atoms with Crippen molar-refractivity contribution in [3.05, 3.63) is 59.4 Å². The summed E-state index contributed by atoms with van der Waals surface area (Å²) in [6.07, 6.45) is 4.29. The molecule has 1 saturated heterocycles. The molecule has 2 aromatic rings. The maximum Gasteiger partial charge on any atom is 0.317 e. The number of rotatable bonds is 4. The molecule has 1 aliphatic heterocycles. The standard InChI is InChI=1S/C19H24FN5O/c1-15-11-22-18(12-21-15)13-23-19(26)25-8-2-7-24(9-10-25)14-16-3-5-17(20)6-4-16/h3-6,11-12H,2,7-10,13-14H2,1H3,(H,23,26). The Morgan fingerprint density at radius 3 is 2.65 bits per heavy atom. The Kier molecular flexibility index (Phi) is 6.12. The highest BCUT2D eigenvalue weighted by Gasteiger charge is 2.19. The zero-order valence-corrected chi connectivity index (χ0v) is 15.0. The molecule has 1 aromatic carbocycles. The predicted molar refractivity (Wildman–Crippen MR) is 96.9 cm³/mol. The van der Waals surface area contributed by atoms with Gasteiger partial charge in [0, 0.05) is 38.9 Å². The zero-order valence-electron chi connectivity index (χ0n) is 15.0. The molecular weight excluding hydrogens is 333 g/mol. The van der Waals surface area contributed by atoms with Gasteiger partial charge in [-0.2, -0.15) is 0 Å². The minimum absolute atomic E-state index is 0.0731. The van der Waals surface area contributed by atoms with Crippen LogP contribution in [0.25, 0.3) is 0 Å². The van der Waals surface area contributed by atoms with E-state index < -0.39 is 0 Å². The van der Waals surface area contributed by atoms with E-state index in [2.05, 4.69) is 20.2 Å². The van der Waals surface area contributed by atoms with Crippen molar-refractivity contribution in [1.82, 2.24) is 25.1 Å². The lowest BCUT2D eigenvalue weighted by Gasteiger charge is -2.22. The van der Waals surface area contributed by atoms with Gasteiger partial charge in [-0.15, -0.1) is 0 Å². The molecule has 0 aliphatic carbocycles. The van der Waals surface area contributed by atoms with E-state index in [-0.39, 0.29) is 11.8 Å². The average Bonchev–Trinajstić information content (AvgIpc) is 2.88. The molecule has 3 rings (SSSR count). The van der Waals surface area contributed by atoms with Gasteiger partial charge >= 0.3 is 6.03 Å². The maximum absolute atomic E-state index is 13.0. The fourth-order valence-corrected chi connectivity index (χ4v) is 2.97. The number of carbonyl (C=O) groups excluding carboxylic acids is 1. The lowest BCUT2D eigenvalue weighted by atomic mass is 10.2. The van der Waals surface area contributed by atoms with Gasteiger partial charge in [-0.05, 0) is 31.0 Å². The first kappa shape index (κ1) is 18.3. The SMILES string of the molecule is Cc1cnc(CNC(=O)N2CCCN(Cc3ccc(F)cc3)CC2)cn1. The van der Waals surface area contributed by atoms with Crippen LogP contribution in [0, 0.1) is 12.7 Å². The first-order valence-electron chi connectivity index (χ1n) is 8.87. The molecule has 7 heteroatoms. The molecule has 0 spiro atoms. The number of hydrogen-bond acceptors (Lipinski definition) is 4. The smallest absolute Gasteiger partial charge is 0.317 e. The van der Waals surface area contributed by atoms with Crippen molar-refractivity contribution in [2.45, 2.75) is 26.4 Å². The van der Waals surface area contributed by atoms with Gasteiger partial charge in [0.2, 0.25) is 0 Å². The Morgan fingerprint density at radius 1 is 1.12 bits per heavy atom. The number of aromatic nitrogens is 2. The Hall–Kier alpha value is -2.54. The molecule has 138 valence electrons. The van der Waals surface area contributed by atoms with Crippen LogP contribution in [0.5, 0.6) is 0 Å². The fourth-order valence-electron chi connectivity index (χ4n) is 2.97. The van der Waals surface area contributed by atoms with Crippen LogP contribution in [0.4, 0.5) is 9.18 Å². The summed E-state index contributed by atoms with van der Waals surface area (Å²) in [4.78, 5) is 25.0. The van der Waals surface area contributed by atoms with Crippen molar-refractivity contribution in [3.63, 3.8) is 0 Å². The maximum atomic E-state index is 13.0. The minimum atomic E-state index is -0.217. The van der Waals surface area contributed by atoms with Crippen molar-refractivity contribution < 1.29 is 9.18 Å². The van der Waals surface area contributed by atoms with E-state index in [0.29, 0.717) is 13.1 Å². The molecule has 2 heterocycles. The molecule has 0 atom stereocenters. The van der Waals surface area contributed by atoms with E-state index >= 15 is 0 Å². The van der Waals surface area contributed by atoms with Crippen LogP contribution < -0.4 is 5.32 Å². The van der Waals surface area contributed by atoms with Gasteiger partial charge in [0.05, 0.1) is 24.1 Å². The highest BCUT2D eigenvalue weighted by Crippen LogP contribution is 2.10. The van der Waals surface area contributed by atoms with Crippen LogP contribution in [-0.2, 0) is 13.1 Å². The number of benzene rings is 1. The monoisotopic (exact) mass is 357 g/mol. The Balaban J connectivity index is 1.47. The molecule has 0 radical (unpaired) electrons. The van der Waals surface area contributed by atoms with Crippen LogP contribution in [0.3, 0.4) is 0 Å². The second-order valence-corrected chi connectivity index (χ2v) is 6.55. The van der Waals surface area contributed by atoms with Gasteiger partial charge in [0.15, 0.2) is 0 Å². The van der Waals surface area contributed by atoms with Crippen molar-refractivity contribution in [3.8, 4) is 0 Å². The second-order valence-electron chi connectivity index (χ2n) is 6.55. The van der Waals surface area contributed by atoms with Gasteiger partial charge in [0.1, 0.15) is 5.82 Å². The minimum Gasteiger partial charge on any atom is -0.332 e. The predicted octanol–water partition coefficient (Wildman–Crippen LogP) is 2.34. The third kappa shape index (κ3) is 5.23. The zero-order chi connectivity index (χ0) is 18.4. The van der Waals surface area contributed by atoms with Crippen molar-refractivity contribution in [1.29, 1.82) is 0 Å². The van der Waals surface area contributed by atoms with E-state index in [1.54, 1.807) is 12.4 Å². The van der Waals surface area contributed by atoms with Crippen molar-refractivity contribution >= 4 is 6.03 Å². The quantitative estimate of drug-likeness (QED) is 0.912. The van der Waals surface area contributed by atoms with E-state index in [9.17, 15) is 9.18 Å². The summed E-state index contributed by atoms with van der Waals surface area (Å²) < 4.78 is 13.0. The number of nitrogens with one attached hydrogen (secondary N) is 1. The summed E-state index contributed by atoms with van der Waals surface area (Å²) >= 11 is 0. The largest absolute Gasteiger partial charge is 0.332 e. The van der Waals surface area contributed by atoms with Crippen LogP contribution in [0.2, 0.25) is 0 Å². The molecule has 1 N–H and O–H groups in total. The van der Waals surface area contributed by atoms with E-state index in [0.717, 1.165) is 49.6 Å². The number of urea groups is 1. The highest BCUT2D eigenvalue weighted by atomic mass is 19.1. The second kappa shape index (κ2) is 8.71. The van der Waals surface area contributed by atoms with Gasteiger partial charge in [-0.1, -0.05) is 12.1 Å². The van der Waals surface area contributed by atoms with E-state index in [1.165, 1.54) is 12.1 Å². The third-order valence-corrected chi connectivity index (χ3v) is 4.45. The summed E-state index contributed by atoms with van der Waals surface area (Å²) in [5.74, 6) is -0.217. The number of hydrogen-bond donors (Lipinski definition) is 1. The van der Waals surface area contributed by atoms with Crippen molar-refractivity contribution in [2.24, 2.45) is 0 Å². The van der Waals surface area contributed by atoms with Crippen LogP contribution in [-0.4, -0.2) is 52.0 Å². The molecule has 2 amide bonds. The van der Waals surface area contributed by atoms with Gasteiger partial charge in [-0.25, -0.2) is 9.18 Å². The average molecular weight is 357 g/mol. The summed E-state index contributed by atoms with van der Waals surface area (Å²) in [5.41, 5.74) is 2.69. The van der Waals surface area contributed by atoms with Crippen molar-refractivity contribution in [2.75, 3.05) is 26.2 Å². The summed E-state index contributed by atoms with van der Waals surface area (Å²) in [6, 6.07) is 6.53. The number of carbonyl (C=O) groups is 1. The summed E-state index contributed by atoms with van der Waals surface area (Å²) in [5, 5.41) is 2.91. The van der Waals surface area contributed by atoms with Crippen LogP contribution in [0.15, 0.2) is 36.7 Å². The fraction of sp³-hybridized carbons (Fsp3) is 0.421. The number of halogens is 1. The number of amides is 2. The molecule has 1 fully saturated rings. The topological polar surface area (TPSA) is 61.4 Å². The summed E-state index contributed by atoms with van der Waals surface area (Å²) in [6.45, 7) is 6.15. The Bertz CT molecular complexity index is 720. The molecule has 6 nitrogen and oxygen atoms in total. The lowest BCUT2D eigenvalue weighted by Crippen LogP contribution is -2.41. The molecule has 0 unspecified atom stereocenters. The highest BCUT2D eigenvalue weighted by molar-refractivity contribution is 5.74. The number of nitrogens with zero attached hydrogens (tertiary/aromatic N) is 4. The van der Waals surface area contributed by atoms with Gasteiger partial charge in [-0.3, -0.25) is 14.9 Å². The molecule has 0 bridgehead atoms. The van der Waals surface area contributed by atoms with Crippen LogP contribution >= 0.6 is 0 Å². The molecule has 26 heavy (non-hydrogen) atoms. The van der Waals surface area contributed by atoms with E-state index in [4.69, 9.17) is 0 Å². The van der Waals surface area contributed by atoms with Gasteiger partial charge < -0.3 is 10.2 Å². The van der Waals surface area contributed by atoms with E-state index in [1.807, 2.05) is 24.0 Å². The Labute approximate surface area is 153 Å². The Morgan fingerprint density at radius 2 is 1.92 bits per heavy atom. The lowest BCUT2D eigenvalue weighted by molar-refractivity contribution is 0.197.